The highest BCUT2D eigenvalue weighted by Crippen LogP contribution is 2.18. The molecule has 0 saturated carbocycles. The van der Waals surface area contributed by atoms with Gasteiger partial charge in [-0.25, -0.2) is 9.18 Å². The third kappa shape index (κ3) is 4.60. The summed E-state index contributed by atoms with van der Waals surface area (Å²) < 4.78 is 17.8. The molecule has 1 amide bonds. The van der Waals surface area contributed by atoms with E-state index < -0.39 is 24.3 Å². The summed E-state index contributed by atoms with van der Waals surface area (Å²) in [4.78, 5) is 24.4. The highest BCUT2D eigenvalue weighted by Gasteiger charge is 2.11. The SMILES string of the molecule is CSc1cccc(NC(=O)COC(=O)c2cccc(F)c2)c1. The van der Waals surface area contributed by atoms with E-state index >= 15 is 0 Å². The Morgan fingerprint density at radius 1 is 1.18 bits per heavy atom. The first kappa shape index (κ1) is 16.0. The molecule has 0 bridgehead atoms. The first-order chi connectivity index (χ1) is 10.6. The molecule has 0 aliphatic rings. The Morgan fingerprint density at radius 2 is 1.95 bits per heavy atom. The van der Waals surface area contributed by atoms with Gasteiger partial charge < -0.3 is 10.1 Å². The van der Waals surface area contributed by atoms with Gasteiger partial charge in [0.25, 0.3) is 5.91 Å². The van der Waals surface area contributed by atoms with Crippen LogP contribution in [0.4, 0.5) is 10.1 Å². The van der Waals surface area contributed by atoms with Crippen molar-refractivity contribution in [2.45, 2.75) is 4.90 Å². The summed E-state index contributed by atoms with van der Waals surface area (Å²) in [6.45, 7) is -0.432. The third-order valence-electron chi connectivity index (χ3n) is 2.75. The Morgan fingerprint density at radius 3 is 2.68 bits per heavy atom. The minimum atomic E-state index is -0.743. The van der Waals surface area contributed by atoms with Crippen LogP contribution in [0.5, 0.6) is 0 Å². The molecule has 2 aromatic rings. The molecule has 0 saturated heterocycles. The zero-order chi connectivity index (χ0) is 15.9. The summed E-state index contributed by atoms with van der Waals surface area (Å²) in [6, 6.07) is 12.4. The molecule has 6 heteroatoms. The number of esters is 1. The number of carbonyl (C=O) groups is 2. The number of rotatable bonds is 5. The fourth-order valence-electron chi connectivity index (χ4n) is 1.73. The Balaban J connectivity index is 1.88. The molecule has 0 aliphatic carbocycles. The van der Waals surface area contributed by atoms with Gasteiger partial charge in [0, 0.05) is 10.6 Å². The Kier molecular flexibility index (Phi) is 5.55. The van der Waals surface area contributed by atoms with Crippen LogP contribution < -0.4 is 5.32 Å². The van der Waals surface area contributed by atoms with Crippen molar-refractivity contribution < 1.29 is 18.7 Å². The van der Waals surface area contributed by atoms with Crippen LogP contribution in [-0.4, -0.2) is 24.7 Å². The zero-order valence-corrected chi connectivity index (χ0v) is 12.7. The van der Waals surface area contributed by atoms with E-state index in [2.05, 4.69) is 5.32 Å². The zero-order valence-electron chi connectivity index (χ0n) is 11.8. The van der Waals surface area contributed by atoms with E-state index in [0.717, 1.165) is 11.0 Å². The van der Waals surface area contributed by atoms with Crippen molar-refractivity contribution in [3.8, 4) is 0 Å². The second kappa shape index (κ2) is 7.61. The number of carbonyl (C=O) groups excluding carboxylic acids is 2. The van der Waals surface area contributed by atoms with E-state index in [1.165, 1.54) is 18.2 Å². The van der Waals surface area contributed by atoms with Crippen molar-refractivity contribution in [2.75, 3.05) is 18.2 Å². The van der Waals surface area contributed by atoms with Gasteiger partial charge in [-0.2, -0.15) is 0 Å². The first-order valence-corrected chi connectivity index (χ1v) is 7.67. The lowest BCUT2D eigenvalue weighted by Gasteiger charge is -2.07. The van der Waals surface area contributed by atoms with E-state index in [1.54, 1.807) is 17.8 Å². The van der Waals surface area contributed by atoms with Crippen LogP contribution in [0, 0.1) is 5.82 Å². The third-order valence-corrected chi connectivity index (χ3v) is 3.47. The van der Waals surface area contributed by atoms with Gasteiger partial charge in [-0.1, -0.05) is 12.1 Å². The van der Waals surface area contributed by atoms with Gasteiger partial charge in [0.1, 0.15) is 5.82 Å². The molecule has 1 N–H and O–H groups in total. The van der Waals surface area contributed by atoms with Crippen molar-refractivity contribution in [1.82, 2.24) is 0 Å². The van der Waals surface area contributed by atoms with Crippen molar-refractivity contribution in [3.63, 3.8) is 0 Å². The van der Waals surface area contributed by atoms with Gasteiger partial charge in [0.15, 0.2) is 6.61 Å². The molecule has 0 radical (unpaired) electrons. The quantitative estimate of drug-likeness (QED) is 0.678. The van der Waals surface area contributed by atoms with Crippen LogP contribution in [0.3, 0.4) is 0 Å². The summed E-state index contributed by atoms with van der Waals surface area (Å²) in [6.07, 6.45) is 1.93. The predicted octanol–water partition coefficient (Wildman–Crippen LogP) is 3.34. The Labute approximate surface area is 131 Å². The lowest BCUT2D eigenvalue weighted by molar-refractivity contribution is -0.119. The molecule has 0 spiro atoms. The van der Waals surface area contributed by atoms with Crippen LogP contribution in [0.15, 0.2) is 53.4 Å². The number of hydrogen-bond acceptors (Lipinski definition) is 4. The van der Waals surface area contributed by atoms with Crippen molar-refractivity contribution in [2.24, 2.45) is 0 Å². The second-order valence-electron chi connectivity index (χ2n) is 4.37. The van der Waals surface area contributed by atoms with Crippen molar-refractivity contribution >= 4 is 29.3 Å². The van der Waals surface area contributed by atoms with Gasteiger partial charge in [-0.3, -0.25) is 4.79 Å². The normalized spacial score (nSPS) is 10.1. The summed E-state index contributed by atoms with van der Waals surface area (Å²) >= 11 is 1.55. The summed E-state index contributed by atoms with van der Waals surface area (Å²) in [5.41, 5.74) is 0.691. The first-order valence-electron chi connectivity index (χ1n) is 6.45. The fourth-order valence-corrected chi connectivity index (χ4v) is 2.19. The smallest absolute Gasteiger partial charge is 0.338 e. The maximum atomic E-state index is 13.0. The molecule has 22 heavy (non-hydrogen) atoms. The Bertz CT molecular complexity index is 691. The number of amides is 1. The number of nitrogens with one attached hydrogen (secondary N) is 1. The number of ether oxygens (including phenoxy) is 1. The molecular weight excluding hydrogens is 305 g/mol. The molecule has 2 aromatic carbocycles. The molecule has 2 rings (SSSR count). The second-order valence-corrected chi connectivity index (χ2v) is 5.25. The van der Waals surface area contributed by atoms with Crippen molar-refractivity contribution in [1.29, 1.82) is 0 Å². The molecule has 0 aliphatic heterocycles. The van der Waals surface area contributed by atoms with E-state index in [-0.39, 0.29) is 5.56 Å². The summed E-state index contributed by atoms with van der Waals surface area (Å²) in [5.74, 6) is -1.73. The molecule has 0 fully saturated rings. The minimum Gasteiger partial charge on any atom is -0.452 e. The van der Waals surface area contributed by atoms with E-state index in [4.69, 9.17) is 4.74 Å². The number of thioether (sulfide) groups is 1. The van der Waals surface area contributed by atoms with Gasteiger partial charge >= 0.3 is 5.97 Å². The van der Waals surface area contributed by atoms with Gasteiger partial charge in [0.05, 0.1) is 5.56 Å². The van der Waals surface area contributed by atoms with Crippen LogP contribution in [0.25, 0.3) is 0 Å². The lowest BCUT2D eigenvalue weighted by Crippen LogP contribution is -2.21. The van der Waals surface area contributed by atoms with Crippen molar-refractivity contribution in [3.05, 3.63) is 59.9 Å². The van der Waals surface area contributed by atoms with Crippen LogP contribution in [0.2, 0.25) is 0 Å². The lowest BCUT2D eigenvalue weighted by atomic mass is 10.2. The van der Waals surface area contributed by atoms with Gasteiger partial charge in [-0.15, -0.1) is 11.8 Å². The number of hydrogen-bond donors (Lipinski definition) is 1. The molecule has 0 unspecified atom stereocenters. The molecule has 4 nitrogen and oxygen atoms in total. The van der Waals surface area contributed by atoms with Crippen LogP contribution >= 0.6 is 11.8 Å². The molecule has 114 valence electrons. The minimum absolute atomic E-state index is 0.0668. The number of benzene rings is 2. The standard InChI is InChI=1S/C16H14FNO3S/c1-22-14-7-3-6-13(9-14)18-15(19)10-21-16(20)11-4-2-5-12(17)8-11/h2-9H,10H2,1H3,(H,18,19). The maximum Gasteiger partial charge on any atom is 0.338 e. The largest absolute Gasteiger partial charge is 0.452 e. The molecule has 0 atom stereocenters. The predicted molar refractivity (Wildman–Crippen MR) is 83.5 cm³/mol. The molecule has 0 aromatic heterocycles. The highest BCUT2D eigenvalue weighted by atomic mass is 32.2. The van der Waals surface area contributed by atoms with E-state index in [0.29, 0.717) is 5.69 Å². The van der Waals surface area contributed by atoms with Crippen LogP contribution in [0.1, 0.15) is 10.4 Å². The fraction of sp³-hybridized carbons (Fsp3) is 0.125. The maximum absolute atomic E-state index is 13.0. The average Bonchev–Trinajstić information content (AvgIpc) is 2.52. The summed E-state index contributed by atoms with van der Waals surface area (Å²) in [7, 11) is 0. The summed E-state index contributed by atoms with van der Waals surface area (Å²) in [5, 5.41) is 2.63. The van der Waals surface area contributed by atoms with E-state index in [1.807, 2.05) is 24.5 Å². The van der Waals surface area contributed by atoms with E-state index in [9.17, 15) is 14.0 Å². The van der Waals surface area contributed by atoms with Gasteiger partial charge in [-0.05, 0) is 42.7 Å². The number of halogens is 1. The average molecular weight is 319 g/mol. The number of anilines is 1. The molecule has 0 heterocycles. The highest BCUT2D eigenvalue weighted by molar-refractivity contribution is 7.98. The topological polar surface area (TPSA) is 55.4 Å². The van der Waals surface area contributed by atoms with Crippen LogP contribution in [-0.2, 0) is 9.53 Å². The Hall–Kier alpha value is -2.34. The molecular formula is C16H14FNO3S. The monoisotopic (exact) mass is 319 g/mol. The van der Waals surface area contributed by atoms with Gasteiger partial charge in [0.2, 0.25) is 0 Å².